The van der Waals surface area contributed by atoms with Gasteiger partial charge in [0.1, 0.15) is 5.69 Å². The van der Waals surface area contributed by atoms with Gasteiger partial charge in [0.05, 0.1) is 6.04 Å². The predicted octanol–water partition coefficient (Wildman–Crippen LogP) is 2.08. The van der Waals surface area contributed by atoms with E-state index in [2.05, 4.69) is 25.3 Å². The van der Waals surface area contributed by atoms with Crippen molar-refractivity contribution in [1.82, 2.24) is 24.8 Å². The second kappa shape index (κ2) is 6.46. The first kappa shape index (κ1) is 14.4. The number of carbonyl (C=O) groups excluding carboxylic acids is 1. The first-order chi connectivity index (χ1) is 10.8. The number of nitrogens with one attached hydrogen (secondary N) is 1. The number of anilines is 2. The summed E-state index contributed by atoms with van der Waals surface area (Å²) in [6.07, 6.45) is 8.97. The number of carbonyl (C=O) groups is 1. The maximum atomic E-state index is 12.1. The van der Waals surface area contributed by atoms with Gasteiger partial charge in [0.15, 0.2) is 5.82 Å². The molecule has 1 amide bonds. The molecule has 22 heavy (non-hydrogen) atoms. The van der Waals surface area contributed by atoms with Crippen LogP contribution >= 0.6 is 0 Å². The van der Waals surface area contributed by atoms with E-state index in [9.17, 15) is 4.79 Å². The topological polar surface area (TPSA) is 83.9 Å². The first-order valence-corrected chi connectivity index (χ1v) is 7.44. The Hall–Kier alpha value is -2.57. The third-order valence-electron chi connectivity index (χ3n) is 3.71. The van der Waals surface area contributed by atoms with E-state index in [1.54, 1.807) is 30.9 Å². The Balaban J connectivity index is 1.89. The number of aromatic nitrogens is 4. The lowest BCUT2D eigenvalue weighted by atomic mass is 10.1. The second-order valence-corrected chi connectivity index (χ2v) is 5.09. The minimum atomic E-state index is -0.0348. The van der Waals surface area contributed by atoms with Gasteiger partial charge in [-0.15, -0.1) is 0 Å². The van der Waals surface area contributed by atoms with Crippen LogP contribution in [0.25, 0.3) is 0 Å². The Kier molecular flexibility index (Phi) is 4.22. The summed E-state index contributed by atoms with van der Waals surface area (Å²) >= 11 is 0. The lowest BCUT2D eigenvalue weighted by Crippen LogP contribution is -2.30. The summed E-state index contributed by atoms with van der Waals surface area (Å²) in [6, 6.07) is 1.72. The van der Waals surface area contributed by atoms with E-state index in [-0.39, 0.29) is 11.9 Å². The van der Waals surface area contributed by atoms with Crippen LogP contribution in [0.2, 0.25) is 0 Å². The van der Waals surface area contributed by atoms with Gasteiger partial charge in [-0.1, -0.05) is 6.92 Å². The number of amides is 1. The van der Waals surface area contributed by atoms with Crippen molar-refractivity contribution in [2.45, 2.75) is 32.2 Å². The molecule has 2 aromatic heterocycles. The normalized spacial score (nSPS) is 17.5. The molecule has 0 saturated carbocycles. The summed E-state index contributed by atoms with van der Waals surface area (Å²) in [7, 11) is 0. The van der Waals surface area contributed by atoms with Gasteiger partial charge < -0.3 is 10.2 Å². The summed E-state index contributed by atoms with van der Waals surface area (Å²) < 4.78 is 0. The molecule has 1 saturated heterocycles. The summed E-state index contributed by atoms with van der Waals surface area (Å²) in [5, 5.41) is 3.09. The van der Waals surface area contributed by atoms with Crippen LogP contribution in [-0.4, -0.2) is 37.3 Å². The highest BCUT2D eigenvalue weighted by molar-refractivity contribution is 5.77. The van der Waals surface area contributed by atoms with Gasteiger partial charge >= 0.3 is 0 Å². The van der Waals surface area contributed by atoms with Crippen LogP contribution in [0.15, 0.2) is 30.9 Å². The zero-order valence-corrected chi connectivity index (χ0v) is 12.4. The summed E-state index contributed by atoms with van der Waals surface area (Å²) in [5.74, 6) is 1.22. The summed E-state index contributed by atoms with van der Waals surface area (Å²) in [4.78, 5) is 31.1. The van der Waals surface area contributed by atoms with Crippen molar-refractivity contribution in [1.29, 1.82) is 0 Å². The molecule has 1 atom stereocenters. The standard InChI is InChI=1S/C15H18N6O/c1-2-12(22)21-10-3-5-11(21)13-14(17-9-8-16-13)20-15-18-6-4-7-19-15/h4,6-9,11H,2-3,5,10H2,1H3,(H,17,18,19,20)/t11-/m0/s1. The Labute approximate surface area is 128 Å². The number of likely N-dealkylation sites (tertiary alicyclic amines) is 1. The molecule has 1 aliphatic heterocycles. The van der Waals surface area contributed by atoms with Gasteiger partial charge in [0.25, 0.3) is 0 Å². The minimum absolute atomic E-state index is 0.0348. The average molecular weight is 298 g/mol. The molecule has 2 aromatic rings. The van der Waals surface area contributed by atoms with Crippen LogP contribution < -0.4 is 5.32 Å². The van der Waals surface area contributed by atoms with Crippen LogP contribution in [0.4, 0.5) is 11.8 Å². The van der Waals surface area contributed by atoms with Gasteiger partial charge in [0.2, 0.25) is 11.9 Å². The second-order valence-electron chi connectivity index (χ2n) is 5.09. The van der Waals surface area contributed by atoms with Crippen LogP contribution in [0, 0.1) is 0 Å². The molecule has 114 valence electrons. The van der Waals surface area contributed by atoms with Crippen molar-refractivity contribution < 1.29 is 4.79 Å². The maximum absolute atomic E-state index is 12.1. The van der Waals surface area contributed by atoms with Crippen molar-refractivity contribution in [3.63, 3.8) is 0 Å². The fourth-order valence-corrected chi connectivity index (χ4v) is 2.71. The molecule has 1 N–H and O–H groups in total. The van der Waals surface area contributed by atoms with Gasteiger partial charge in [-0.2, -0.15) is 0 Å². The molecule has 0 spiro atoms. The average Bonchev–Trinajstić information content (AvgIpc) is 3.05. The first-order valence-electron chi connectivity index (χ1n) is 7.44. The Morgan fingerprint density at radius 2 is 2.00 bits per heavy atom. The number of rotatable bonds is 4. The van der Waals surface area contributed by atoms with Crippen molar-refractivity contribution >= 4 is 17.7 Å². The zero-order chi connectivity index (χ0) is 15.4. The van der Waals surface area contributed by atoms with E-state index >= 15 is 0 Å². The van der Waals surface area contributed by atoms with Crippen molar-refractivity contribution in [3.8, 4) is 0 Å². The summed E-state index contributed by atoms with van der Waals surface area (Å²) in [6.45, 7) is 2.65. The molecule has 3 heterocycles. The fourth-order valence-electron chi connectivity index (χ4n) is 2.71. The monoisotopic (exact) mass is 298 g/mol. The predicted molar refractivity (Wildman–Crippen MR) is 81.3 cm³/mol. The number of nitrogens with zero attached hydrogens (tertiary/aromatic N) is 5. The van der Waals surface area contributed by atoms with Gasteiger partial charge in [-0.3, -0.25) is 9.78 Å². The molecule has 0 radical (unpaired) electrons. The molecule has 0 aromatic carbocycles. The Bertz CT molecular complexity index is 647. The molecule has 0 aliphatic carbocycles. The highest BCUT2D eigenvalue weighted by Gasteiger charge is 2.32. The highest BCUT2D eigenvalue weighted by Crippen LogP contribution is 2.34. The third kappa shape index (κ3) is 2.88. The smallest absolute Gasteiger partial charge is 0.228 e. The fraction of sp³-hybridized carbons (Fsp3) is 0.400. The van der Waals surface area contributed by atoms with E-state index in [1.807, 2.05) is 11.8 Å². The van der Waals surface area contributed by atoms with E-state index in [1.165, 1.54) is 0 Å². The van der Waals surface area contributed by atoms with Crippen LogP contribution in [0.5, 0.6) is 0 Å². The van der Waals surface area contributed by atoms with Gasteiger partial charge in [-0.25, -0.2) is 15.0 Å². The largest absolute Gasteiger partial charge is 0.334 e. The lowest BCUT2D eigenvalue weighted by Gasteiger charge is -2.25. The highest BCUT2D eigenvalue weighted by atomic mass is 16.2. The lowest BCUT2D eigenvalue weighted by molar-refractivity contribution is -0.131. The maximum Gasteiger partial charge on any atom is 0.228 e. The number of hydrogen-bond acceptors (Lipinski definition) is 6. The van der Waals surface area contributed by atoms with E-state index in [0.29, 0.717) is 18.2 Å². The Morgan fingerprint density at radius 1 is 1.23 bits per heavy atom. The molecular weight excluding hydrogens is 280 g/mol. The van der Waals surface area contributed by atoms with Crippen LogP contribution in [0.1, 0.15) is 37.9 Å². The molecule has 7 nitrogen and oxygen atoms in total. The molecule has 1 fully saturated rings. The van der Waals surface area contributed by atoms with Gasteiger partial charge in [-0.05, 0) is 18.9 Å². The van der Waals surface area contributed by atoms with Crippen LogP contribution in [-0.2, 0) is 4.79 Å². The van der Waals surface area contributed by atoms with E-state index < -0.39 is 0 Å². The molecular formula is C15H18N6O. The Morgan fingerprint density at radius 3 is 2.77 bits per heavy atom. The molecule has 3 rings (SSSR count). The molecule has 7 heteroatoms. The summed E-state index contributed by atoms with van der Waals surface area (Å²) in [5.41, 5.74) is 0.772. The zero-order valence-electron chi connectivity index (χ0n) is 12.4. The quantitative estimate of drug-likeness (QED) is 0.930. The molecule has 1 aliphatic rings. The van der Waals surface area contributed by atoms with Crippen molar-refractivity contribution in [3.05, 3.63) is 36.5 Å². The molecule has 0 unspecified atom stereocenters. The van der Waals surface area contributed by atoms with Crippen molar-refractivity contribution in [2.75, 3.05) is 11.9 Å². The van der Waals surface area contributed by atoms with Crippen molar-refractivity contribution in [2.24, 2.45) is 0 Å². The SMILES string of the molecule is CCC(=O)N1CCC[C@H]1c1nccnc1Nc1ncccn1. The third-order valence-corrected chi connectivity index (χ3v) is 3.71. The van der Waals surface area contributed by atoms with Gasteiger partial charge in [0, 0.05) is 37.8 Å². The van der Waals surface area contributed by atoms with E-state index in [4.69, 9.17) is 0 Å². The van der Waals surface area contributed by atoms with E-state index in [0.717, 1.165) is 25.1 Å². The minimum Gasteiger partial charge on any atom is -0.334 e. The van der Waals surface area contributed by atoms with Crippen LogP contribution in [0.3, 0.4) is 0 Å². The number of hydrogen-bond donors (Lipinski definition) is 1. The molecule has 0 bridgehead atoms.